The van der Waals surface area contributed by atoms with E-state index in [1.54, 1.807) is 24.3 Å². The Morgan fingerprint density at radius 1 is 0.472 bits per heavy atom. The standard InChI is InChI=1S/C30H34O6/c31-29-17-13-23-11-15-25(21-27(23)35-29)33-19-9-7-5-3-1-2-4-6-8-10-20-34-26-16-12-24-14-18-30(32)36-28(24)22-26/h11-18,21-22H,1-10,19-20H2. The number of hydrogen-bond donors (Lipinski definition) is 0. The van der Waals surface area contributed by atoms with Crippen LogP contribution < -0.4 is 20.7 Å². The van der Waals surface area contributed by atoms with Gasteiger partial charge in [-0.05, 0) is 49.2 Å². The van der Waals surface area contributed by atoms with Gasteiger partial charge >= 0.3 is 11.3 Å². The molecule has 0 aliphatic carbocycles. The second kappa shape index (κ2) is 13.5. The summed E-state index contributed by atoms with van der Waals surface area (Å²) in [6, 6.07) is 17.6. The molecule has 0 radical (unpaired) electrons. The van der Waals surface area contributed by atoms with E-state index < -0.39 is 0 Å². The molecule has 6 nitrogen and oxygen atoms in total. The van der Waals surface area contributed by atoms with Crippen LogP contribution in [0.4, 0.5) is 0 Å². The lowest BCUT2D eigenvalue weighted by molar-refractivity contribution is 0.302. The lowest BCUT2D eigenvalue weighted by Gasteiger charge is -2.07. The van der Waals surface area contributed by atoms with Crippen LogP contribution in [0.2, 0.25) is 0 Å². The number of ether oxygens (including phenoxy) is 2. The van der Waals surface area contributed by atoms with Gasteiger partial charge in [0.25, 0.3) is 0 Å². The van der Waals surface area contributed by atoms with E-state index in [1.807, 2.05) is 24.3 Å². The molecule has 0 atom stereocenters. The second-order valence-electron chi connectivity index (χ2n) is 9.14. The smallest absolute Gasteiger partial charge is 0.336 e. The molecule has 190 valence electrons. The summed E-state index contributed by atoms with van der Waals surface area (Å²) in [5, 5.41) is 1.79. The normalized spacial score (nSPS) is 11.2. The SMILES string of the molecule is O=c1ccc2ccc(OCCCCCCCCCCCCOc3ccc4ccc(=O)oc4c3)cc2o1. The van der Waals surface area contributed by atoms with E-state index in [9.17, 15) is 9.59 Å². The highest BCUT2D eigenvalue weighted by Crippen LogP contribution is 2.21. The maximum atomic E-state index is 11.3. The molecule has 0 bridgehead atoms. The Kier molecular flexibility index (Phi) is 9.60. The molecule has 2 heterocycles. The summed E-state index contributed by atoms with van der Waals surface area (Å²) < 4.78 is 22.0. The summed E-state index contributed by atoms with van der Waals surface area (Å²) >= 11 is 0. The molecule has 0 unspecified atom stereocenters. The maximum absolute atomic E-state index is 11.3. The average molecular weight is 491 g/mol. The zero-order valence-electron chi connectivity index (χ0n) is 20.7. The third-order valence-corrected chi connectivity index (χ3v) is 6.27. The Bertz CT molecular complexity index is 1250. The molecular formula is C30H34O6. The van der Waals surface area contributed by atoms with Gasteiger partial charge in [0.2, 0.25) is 0 Å². The Labute approximate surface area is 210 Å². The lowest BCUT2D eigenvalue weighted by atomic mass is 10.1. The lowest BCUT2D eigenvalue weighted by Crippen LogP contribution is -1.98. The number of hydrogen-bond acceptors (Lipinski definition) is 6. The number of unbranched alkanes of at least 4 members (excludes halogenated alkanes) is 9. The molecule has 4 aromatic rings. The van der Waals surface area contributed by atoms with Crippen molar-refractivity contribution < 1.29 is 18.3 Å². The van der Waals surface area contributed by atoms with Gasteiger partial charge in [0.05, 0.1) is 13.2 Å². The van der Waals surface area contributed by atoms with Crippen molar-refractivity contribution in [2.45, 2.75) is 64.2 Å². The fourth-order valence-electron chi connectivity index (χ4n) is 4.26. The van der Waals surface area contributed by atoms with Gasteiger partial charge in [-0.15, -0.1) is 0 Å². The largest absolute Gasteiger partial charge is 0.493 e. The minimum absolute atomic E-state index is 0.344. The zero-order chi connectivity index (χ0) is 25.0. The number of rotatable bonds is 15. The summed E-state index contributed by atoms with van der Waals surface area (Å²) in [5.41, 5.74) is 0.440. The Balaban J connectivity index is 0.967. The molecule has 0 fully saturated rings. The number of fused-ring (bicyclic) bond motifs is 2. The van der Waals surface area contributed by atoms with Gasteiger partial charge in [-0.2, -0.15) is 0 Å². The second-order valence-corrected chi connectivity index (χ2v) is 9.14. The van der Waals surface area contributed by atoms with Crippen molar-refractivity contribution in [2.24, 2.45) is 0 Å². The summed E-state index contributed by atoms with van der Waals surface area (Å²) in [4.78, 5) is 22.7. The molecule has 2 aromatic heterocycles. The molecule has 36 heavy (non-hydrogen) atoms. The minimum atomic E-state index is -0.344. The molecule has 2 aromatic carbocycles. The monoisotopic (exact) mass is 490 g/mol. The van der Waals surface area contributed by atoms with Crippen LogP contribution in [0, 0.1) is 0 Å². The highest BCUT2D eigenvalue weighted by Gasteiger charge is 2.02. The van der Waals surface area contributed by atoms with Crippen LogP contribution in [0.1, 0.15) is 64.2 Å². The van der Waals surface area contributed by atoms with E-state index in [0.717, 1.165) is 48.0 Å². The first-order chi connectivity index (χ1) is 17.7. The molecule has 0 amide bonds. The molecule has 0 aliphatic rings. The van der Waals surface area contributed by atoms with Gasteiger partial charge < -0.3 is 18.3 Å². The van der Waals surface area contributed by atoms with E-state index in [2.05, 4.69) is 0 Å². The first kappa shape index (κ1) is 25.5. The van der Waals surface area contributed by atoms with Gasteiger partial charge in [0.1, 0.15) is 22.7 Å². The van der Waals surface area contributed by atoms with Crippen LogP contribution in [0.5, 0.6) is 11.5 Å². The molecule has 0 spiro atoms. The first-order valence-corrected chi connectivity index (χ1v) is 13.0. The van der Waals surface area contributed by atoms with Crippen molar-refractivity contribution in [1.82, 2.24) is 0 Å². The molecule has 4 rings (SSSR count). The molecule has 0 aliphatic heterocycles. The molecular weight excluding hydrogens is 456 g/mol. The Hall–Kier alpha value is -3.54. The topological polar surface area (TPSA) is 78.9 Å². The molecule has 6 heteroatoms. The predicted molar refractivity (Wildman–Crippen MR) is 142 cm³/mol. The van der Waals surface area contributed by atoms with Gasteiger partial charge in [0, 0.05) is 35.0 Å². The van der Waals surface area contributed by atoms with Crippen LogP contribution in [0.15, 0.2) is 79.1 Å². The van der Waals surface area contributed by atoms with Crippen molar-refractivity contribution >= 4 is 21.9 Å². The van der Waals surface area contributed by atoms with Crippen LogP contribution in [0.3, 0.4) is 0 Å². The van der Waals surface area contributed by atoms with E-state index in [-0.39, 0.29) is 11.3 Å². The van der Waals surface area contributed by atoms with Crippen molar-refractivity contribution in [3.05, 3.63) is 81.5 Å². The summed E-state index contributed by atoms with van der Waals surface area (Å²) in [7, 11) is 0. The van der Waals surface area contributed by atoms with Crippen LogP contribution in [-0.4, -0.2) is 13.2 Å². The third kappa shape index (κ3) is 8.01. The highest BCUT2D eigenvalue weighted by molar-refractivity contribution is 5.78. The van der Waals surface area contributed by atoms with Crippen LogP contribution in [-0.2, 0) is 0 Å². The quantitative estimate of drug-likeness (QED) is 0.129. The van der Waals surface area contributed by atoms with Crippen molar-refractivity contribution in [3.8, 4) is 11.5 Å². The van der Waals surface area contributed by atoms with Crippen LogP contribution in [0.25, 0.3) is 21.9 Å². The zero-order valence-corrected chi connectivity index (χ0v) is 20.7. The van der Waals surface area contributed by atoms with Gasteiger partial charge in [0.15, 0.2) is 0 Å². The maximum Gasteiger partial charge on any atom is 0.336 e. The van der Waals surface area contributed by atoms with Crippen LogP contribution >= 0.6 is 0 Å². The molecule has 0 saturated heterocycles. The fourth-order valence-corrected chi connectivity index (χ4v) is 4.26. The first-order valence-electron chi connectivity index (χ1n) is 13.0. The fraction of sp³-hybridized carbons (Fsp3) is 0.400. The summed E-state index contributed by atoms with van der Waals surface area (Å²) in [5.74, 6) is 1.49. The van der Waals surface area contributed by atoms with Gasteiger partial charge in [-0.25, -0.2) is 9.59 Å². The van der Waals surface area contributed by atoms with Gasteiger partial charge in [-0.1, -0.05) is 51.4 Å². The van der Waals surface area contributed by atoms with E-state index in [1.165, 1.54) is 50.7 Å². The molecule has 0 N–H and O–H groups in total. The minimum Gasteiger partial charge on any atom is -0.493 e. The predicted octanol–water partition coefficient (Wildman–Crippen LogP) is 7.26. The van der Waals surface area contributed by atoms with Crippen molar-refractivity contribution in [1.29, 1.82) is 0 Å². The van der Waals surface area contributed by atoms with E-state index >= 15 is 0 Å². The third-order valence-electron chi connectivity index (χ3n) is 6.27. The summed E-state index contributed by atoms with van der Waals surface area (Å²) in [6.07, 6.45) is 11.9. The Morgan fingerprint density at radius 3 is 1.25 bits per heavy atom. The van der Waals surface area contributed by atoms with Crippen molar-refractivity contribution in [3.63, 3.8) is 0 Å². The summed E-state index contributed by atoms with van der Waals surface area (Å²) in [6.45, 7) is 1.36. The number of benzene rings is 2. The molecule has 0 saturated carbocycles. The van der Waals surface area contributed by atoms with Crippen molar-refractivity contribution in [2.75, 3.05) is 13.2 Å². The average Bonchev–Trinajstić information content (AvgIpc) is 2.88. The van der Waals surface area contributed by atoms with E-state index in [0.29, 0.717) is 24.4 Å². The van der Waals surface area contributed by atoms with Gasteiger partial charge in [-0.3, -0.25) is 0 Å². The highest BCUT2D eigenvalue weighted by atomic mass is 16.5. The van der Waals surface area contributed by atoms with E-state index in [4.69, 9.17) is 18.3 Å². The Morgan fingerprint density at radius 2 is 0.833 bits per heavy atom.